The molecule has 0 aromatic heterocycles. The lowest BCUT2D eigenvalue weighted by Crippen LogP contribution is -2.31. The highest BCUT2D eigenvalue weighted by Gasteiger charge is 2.16. The van der Waals surface area contributed by atoms with E-state index in [-0.39, 0.29) is 0 Å². The molecule has 1 aliphatic heterocycles. The molecule has 2 heteroatoms. The van der Waals surface area contributed by atoms with E-state index in [2.05, 4.69) is 49.2 Å². The highest BCUT2D eigenvalue weighted by Crippen LogP contribution is 2.27. The van der Waals surface area contributed by atoms with Crippen LogP contribution in [-0.4, -0.2) is 19.6 Å². The second-order valence-electron chi connectivity index (χ2n) is 5.27. The van der Waals surface area contributed by atoms with Gasteiger partial charge in [-0.1, -0.05) is 26.0 Å². The number of hydrogen-bond donors (Lipinski definition) is 1. The van der Waals surface area contributed by atoms with Gasteiger partial charge in [0.15, 0.2) is 0 Å². The Balaban J connectivity index is 2.29. The van der Waals surface area contributed by atoms with Gasteiger partial charge in [0.1, 0.15) is 0 Å². The second kappa shape index (κ2) is 5.54. The summed E-state index contributed by atoms with van der Waals surface area (Å²) < 4.78 is 0. The lowest BCUT2D eigenvalue weighted by atomic mass is 9.98. The molecule has 0 saturated carbocycles. The first kappa shape index (κ1) is 12.4. The summed E-state index contributed by atoms with van der Waals surface area (Å²) in [7, 11) is 0. The molecule has 0 radical (unpaired) electrons. The first-order chi connectivity index (χ1) is 8.22. The smallest absolute Gasteiger partial charge is 0.0402 e. The molecule has 0 amide bonds. The molecule has 0 unspecified atom stereocenters. The minimum absolute atomic E-state index is 0.715. The maximum absolute atomic E-state index is 3.45. The molecule has 0 saturated heterocycles. The average molecular weight is 232 g/mol. The fraction of sp³-hybridized carbons (Fsp3) is 0.600. The Kier molecular flexibility index (Phi) is 4.06. The molecular formula is C15H24N2. The molecule has 17 heavy (non-hydrogen) atoms. The van der Waals surface area contributed by atoms with Crippen LogP contribution in [0.15, 0.2) is 18.2 Å². The molecule has 1 aromatic rings. The van der Waals surface area contributed by atoms with Gasteiger partial charge in [-0.25, -0.2) is 0 Å². The third-order valence-electron chi connectivity index (χ3n) is 3.42. The first-order valence-electron chi connectivity index (χ1n) is 6.78. The van der Waals surface area contributed by atoms with Crippen LogP contribution in [0.25, 0.3) is 0 Å². The zero-order valence-corrected chi connectivity index (χ0v) is 11.3. The molecular weight excluding hydrogens is 208 g/mol. The molecule has 0 spiro atoms. The Labute approximate surface area is 105 Å². The highest BCUT2D eigenvalue weighted by molar-refractivity contribution is 5.57. The van der Waals surface area contributed by atoms with E-state index >= 15 is 0 Å². The van der Waals surface area contributed by atoms with E-state index in [0.717, 1.165) is 26.2 Å². The number of anilines is 1. The lowest BCUT2D eigenvalue weighted by molar-refractivity contribution is 0.607. The molecule has 1 aromatic carbocycles. The van der Waals surface area contributed by atoms with E-state index in [1.54, 1.807) is 5.56 Å². The first-order valence-corrected chi connectivity index (χ1v) is 6.78. The van der Waals surface area contributed by atoms with Crippen molar-refractivity contribution in [3.05, 3.63) is 29.3 Å². The number of nitrogens with zero attached hydrogens (tertiary/aromatic N) is 1. The monoisotopic (exact) mass is 232 g/mol. The third kappa shape index (κ3) is 2.81. The Hall–Kier alpha value is -1.02. The van der Waals surface area contributed by atoms with Crippen LogP contribution in [0.2, 0.25) is 0 Å². The number of benzene rings is 1. The Morgan fingerprint density at radius 3 is 2.88 bits per heavy atom. The summed E-state index contributed by atoms with van der Waals surface area (Å²) in [4.78, 5) is 2.52. The van der Waals surface area contributed by atoms with Crippen molar-refractivity contribution in [3.63, 3.8) is 0 Å². The maximum Gasteiger partial charge on any atom is 0.0402 e. The molecule has 0 bridgehead atoms. The van der Waals surface area contributed by atoms with Gasteiger partial charge in [-0.2, -0.15) is 0 Å². The number of rotatable bonds is 4. The molecule has 1 heterocycles. The van der Waals surface area contributed by atoms with Crippen molar-refractivity contribution < 1.29 is 0 Å². The van der Waals surface area contributed by atoms with E-state index in [1.807, 2.05) is 0 Å². The molecule has 94 valence electrons. The quantitative estimate of drug-likeness (QED) is 0.858. The van der Waals surface area contributed by atoms with Gasteiger partial charge in [0.25, 0.3) is 0 Å². The van der Waals surface area contributed by atoms with Crippen LogP contribution in [0.5, 0.6) is 0 Å². The Morgan fingerprint density at radius 1 is 1.35 bits per heavy atom. The zero-order valence-electron chi connectivity index (χ0n) is 11.3. The molecule has 0 fully saturated rings. The van der Waals surface area contributed by atoms with Crippen molar-refractivity contribution in [2.24, 2.45) is 5.92 Å². The Bertz CT molecular complexity index is 371. The minimum Gasteiger partial charge on any atom is -0.371 e. The van der Waals surface area contributed by atoms with Crippen molar-refractivity contribution >= 4 is 5.69 Å². The molecule has 2 nitrogen and oxygen atoms in total. The predicted molar refractivity (Wildman–Crippen MR) is 74.6 cm³/mol. The van der Waals surface area contributed by atoms with Crippen LogP contribution >= 0.6 is 0 Å². The van der Waals surface area contributed by atoms with Crippen LogP contribution < -0.4 is 10.2 Å². The lowest BCUT2D eigenvalue weighted by Gasteiger charge is -2.30. The summed E-state index contributed by atoms with van der Waals surface area (Å²) in [6, 6.07) is 6.74. The van der Waals surface area contributed by atoms with Gasteiger partial charge >= 0.3 is 0 Å². The maximum atomic E-state index is 3.45. The van der Waals surface area contributed by atoms with Gasteiger partial charge in [-0.15, -0.1) is 0 Å². The topological polar surface area (TPSA) is 15.3 Å². The largest absolute Gasteiger partial charge is 0.371 e. The molecule has 0 atom stereocenters. The fourth-order valence-electron chi connectivity index (χ4n) is 2.65. The summed E-state index contributed by atoms with van der Waals surface area (Å²) in [5.74, 6) is 0.715. The van der Waals surface area contributed by atoms with Gasteiger partial charge < -0.3 is 10.2 Å². The van der Waals surface area contributed by atoms with E-state index in [9.17, 15) is 0 Å². The normalized spacial score (nSPS) is 14.8. The van der Waals surface area contributed by atoms with Gasteiger partial charge in [-0.05, 0) is 43.0 Å². The number of fused-ring (bicyclic) bond motifs is 1. The molecule has 2 rings (SSSR count). The SMILES string of the molecule is CCN(CC(C)C)c1cccc2c1CCNC2. The second-order valence-corrected chi connectivity index (χ2v) is 5.27. The van der Waals surface area contributed by atoms with Crippen molar-refractivity contribution in [2.45, 2.75) is 33.7 Å². The van der Waals surface area contributed by atoms with Crippen LogP contribution in [0, 0.1) is 5.92 Å². The fourth-order valence-corrected chi connectivity index (χ4v) is 2.65. The van der Waals surface area contributed by atoms with E-state index in [1.165, 1.54) is 17.7 Å². The number of hydrogen-bond acceptors (Lipinski definition) is 2. The van der Waals surface area contributed by atoms with E-state index < -0.39 is 0 Å². The molecule has 1 N–H and O–H groups in total. The van der Waals surface area contributed by atoms with Gasteiger partial charge in [0.2, 0.25) is 0 Å². The van der Waals surface area contributed by atoms with Crippen molar-refractivity contribution in [3.8, 4) is 0 Å². The van der Waals surface area contributed by atoms with Crippen LogP contribution in [0.4, 0.5) is 5.69 Å². The predicted octanol–water partition coefficient (Wildman–Crippen LogP) is 2.81. The minimum atomic E-state index is 0.715. The molecule has 1 aliphatic rings. The molecule has 0 aliphatic carbocycles. The van der Waals surface area contributed by atoms with Crippen molar-refractivity contribution in [2.75, 3.05) is 24.5 Å². The van der Waals surface area contributed by atoms with Gasteiger partial charge in [0.05, 0.1) is 0 Å². The van der Waals surface area contributed by atoms with Crippen LogP contribution in [0.1, 0.15) is 31.9 Å². The Morgan fingerprint density at radius 2 is 2.18 bits per heavy atom. The van der Waals surface area contributed by atoms with E-state index in [0.29, 0.717) is 5.92 Å². The average Bonchev–Trinajstić information content (AvgIpc) is 2.35. The van der Waals surface area contributed by atoms with Crippen LogP contribution in [0.3, 0.4) is 0 Å². The standard InChI is InChI=1S/C15H24N2/c1-4-17(11-12(2)3)15-7-5-6-13-10-16-9-8-14(13)15/h5-7,12,16H,4,8-11H2,1-3H3. The van der Waals surface area contributed by atoms with Crippen molar-refractivity contribution in [1.29, 1.82) is 0 Å². The highest BCUT2D eigenvalue weighted by atomic mass is 15.1. The summed E-state index contributed by atoms with van der Waals surface area (Å²) in [5, 5.41) is 3.45. The summed E-state index contributed by atoms with van der Waals surface area (Å²) in [5.41, 5.74) is 4.50. The zero-order chi connectivity index (χ0) is 12.3. The van der Waals surface area contributed by atoms with Crippen molar-refractivity contribution in [1.82, 2.24) is 5.32 Å². The summed E-state index contributed by atoms with van der Waals surface area (Å²) >= 11 is 0. The van der Waals surface area contributed by atoms with Crippen LogP contribution in [-0.2, 0) is 13.0 Å². The number of nitrogens with one attached hydrogen (secondary N) is 1. The summed E-state index contributed by atoms with van der Waals surface area (Å²) in [6.45, 7) is 11.2. The van der Waals surface area contributed by atoms with Gasteiger partial charge in [0, 0.05) is 25.3 Å². The van der Waals surface area contributed by atoms with E-state index in [4.69, 9.17) is 0 Å². The van der Waals surface area contributed by atoms with Gasteiger partial charge in [-0.3, -0.25) is 0 Å². The third-order valence-corrected chi connectivity index (χ3v) is 3.42. The summed E-state index contributed by atoms with van der Waals surface area (Å²) in [6.07, 6.45) is 1.17.